The lowest BCUT2D eigenvalue weighted by molar-refractivity contribution is -0.129. The van der Waals surface area contributed by atoms with Crippen LogP contribution in [0.25, 0.3) is 0 Å². The first-order valence-corrected chi connectivity index (χ1v) is 12.1. The summed E-state index contributed by atoms with van der Waals surface area (Å²) in [6.07, 6.45) is 0.643. The van der Waals surface area contributed by atoms with E-state index in [-0.39, 0.29) is 36.0 Å². The van der Waals surface area contributed by atoms with E-state index in [1.54, 1.807) is 0 Å². The van der Waals surface area contributed by atoms with E-state index in [9.17, 15) is 4.79 Å². The molecule has 2 fully saturated rings. The molecule has 3 aromatic carbocycles. The smallest absolute Gasteiger partial charge is 0.223 e. The molecule has 5 rings (SSSR count). The number of amides is 1. The summed E-state index contributed by atoms with van der Waals surface area (Å²) in [7, 11) is 0. The molecule has 4 N–H and O–H groups in total. The molecule has 3 aromatic rings. The van der Waals surface area contributed by atoms with E-state index in [1.165, 1.54) is 5.56 Å². The van der Waals surface area contributed by atoms with Crippen LogP contribution in [-0.2, 0) is 11.3 Å². The monoisotopic (exact) mass is 456 g/mol. The van der Waals surface area contributed by atoms with Crippen molar-refractivity contribution in [3.63, 3.8) is 0 Å². The maximum Gasteiger partial charge on any atom is 0.223 e. The topological polar surface area (TPSA) is 74.4 Å². The first-order valence-electron chi connectivity index (χ1n) is 12.1. The van der Waals surface area contributed by atoms with Crippen molar-refractivity contribution in [2.24, 2.45) is 11.8 Å². The Morgan fingerprint density at radius 3 is 2.41 bits per heavy atom. The zero-order valence-electron chi connectivity index (χ0n) is 19.4. The molecular formula is C28H32N4O2. The van der Waals surface area contributed by atoms with Crippen LogP contribution in [-0.4, -0.2) is 18.7 Å². The molecule has 0 aliphatic carbocycles. The number of ether oxygens (including phenoxy) is 1. The van der Waals surface area contributed by atoms with Gasteiger partial charge in [-0.3, -0.25) is 10.1 Å². The van der Waals surface area contributed by atoms with Crippen LogP contribution < -0.4 is 26.2 Å². The highest BCUT2D eigenvalue weighted by atomic mass is 16.5. The fraction of sp³-hybridized carbons (Fsp3) is 0.321. The average molecular weight is 457 g/mol. The minimum Gasteiger partial charge on any atom is -0.494 e. The number of para-hydroxylation sites is 1. The highest BCUT2D eigenvalue weighted by Crippen LogP contribution is 2.43. The Bertz CT molecular complexity index is 1090. The fourth-order valence-electron chi connectivity index (χ4n) is 5.31. The summed E-state index contributed by atoms with van der Waals surface area (Å²) in [6, 6.07) is 28.6. The molecule has 0 spiro atoms. The third-order valence-corrected chi connectivity index (χ3v) is 6.90. The predicted molar refractivity (Wildman–Crippen MR) is 133 cm³/mol. The summed E-state index contributed by atoms with van der Waals surface area (Å²) in [4.78, 5) is 13.7. The minimum absolute atomic E-state index is 0.000277. The van der Waals surface area contributed by atoms with E-state index in [2.05, 4.69) is 39.7 Å². The third kappa shape index (κ3) is 4.71. The Labute approximate surface area is 201 Å². The van der Waals surface area contributed by atoms with Crippen molar-refractivity contribution in [2.75, 3.05) is 6.61 Å². The number of piperidine rings is 1. The maximum atomic E-state index is 13.7. The Balaban J connectivity index is 1.43. The number of carbonyl (C=O) groups excluding carboxylic acids is 1. The second kappa shape index (κ2) is 10.4. The van der Waals surface area contributed by atoms with Crippen LogP contribution in [0, 0.1) is 11.8 Å². The quantitative estimate of drug-likeness (QED) is 0.435. The van der Waals surface area contributed by atoms with Crippen molar-refractivity contribution >= 4 is 5.91 Å². The van der Waals surface area contributed by atoms with Gasteiger partial charge in [-0.05, 0) is 30.5 Å². The number of carbonyl (C=O) groups is 1. The van der Waals surface area contributed by atoms with E-state index >= 15 is 0 Å². The van der Waals surface area contributed by atoms with Crippen molar-refractivity contribution < 1.29 is 9.53 Å². The Kier molecular flexibility index (Phi) is 6.90. The lowest BCUT2D eigenvalue weighted by atomic mass is 9.74. The number of hydrogen-bond donors (Lipinski definition) is 4. The van der Waals surface area contributed by atoms with Crippen LogP contribution >= 0.6 is 0 Å². The van der Waals surface area contributed by atoms with Crippen LogP contribution in [0.4, 0.5) is 0 Å². The third-order valence-electron chi connectivity index (χ3n) is 6.90. The van der Waals surface area contributed by atoms with Gasteiger partial charge in [0.2, 0.25) is 5.91 Å². The van der Waals surface area contributed by atoms with Gasteiger partial charge < -0.3 is 10.1 Å². The summed E-state index contributed by atoms with van der Waals surface area (Å²) in [5, 5.41) is 6.97. The second-order valence-corrected chi connectivity index (χ2v) is 8.97. The summed E-state index contributed by atoms with van der Waals surface area (Å²) >= 11 is 0. The summed E-state index contributed by atoms with van der Waals surface area (Å²) in [5.41, 5.74) is 10.3. The lowest BCUT2D eigenvalue weighted by Gasteiger charge is -2.40. The molecule has 6 nitrogen and oxygen atoms in total. The molecule has 2 aliphatic heterocycles. The van der Waals surface area contributed by atoms with Crippen molar-refractivity contribution in [3.05, 3.63) is 102 Å². The Hall–Kier alpha value is -3.19. The molecule has 2 saturated heterocycles. The summed E-state index contributed by atoms with van der Waals surface area (Å²) in [6.45, 7) is 3.12. The molecule has 5 unspecified atom stereocenters. The normalized spacial score (nSPS) is 26.0. The van der Waals surface area contributed by atoms with Crippen molar-refractivity contribution in [1.82, 2.24) is 21.5 Å². The van der Waals surface area contributed by atoms with Gasteiger partial charge in [-0.15, -0.1) is 0 Å². The van der Waals surface area contributed by atoms with Gasteiger partial charge in [-0.2, -0.15) is 0 Å². The molecule has 0 bridgehead atoms. The van der Waals surface area contributed by atoms with Crippen molar-refractivity contribution in [1.29, 1.82) is 0 Å². The summed E-state index contributed by atoms with van der Waals surface area (Å²) < 4.78 is 5.92. The SMILES string of the molecule is CCOc1ccccc1C1CC(C(=O)NCc2ccccc2)C2C(NNC2c2ccccc2)N1. The molecule has 34 heavy (non-hydrogen) atoms. The first-order chi connectivity index (χ1) is 16.7. The van der Waals surface area contributed by atoms with E-state index in [0.29, 0.717) is 19.6 Å². The standard InChI is InChI=1S/C28H32N4O2/c1-2-34-24-16-10-9-15-21(24)23-17-22(28(33)29-18-19-11-5-3-6-12-19)25-26(31-32-27(25)30-23)20-13-7-4-8-14-20/h3-16,22-23,25-27,30-32H,2,17-18H2,1H3,(H,29,33). The Morgan fingerprint density at radius 1 is 0.941 bits per heavy atom. The zero-order chi connectivity index (χ0) is 23.3. The van der Waals surface area contributed by atoms with E-state index < -0.39 is 0 Å². The van der Waals surface area contributed by atoms with Crippen LogP contribution in [0.1, 0.15) is 42.1 Å². The molecule has 0 aromatic heterocycles. The highest BCUT2D eigenvalue weighted by Gasteiger charge is 2.49. The van der Waals surface area contributed by atoms with Crippen LogP contribution in [0.3, 0.4) is 0 Å². The second-order valence-electron chi connectivity index (χ2n) is 8.97. The van der Waals surface area contributed by atoms with Gasteiger partial charge in [0, 0.05) is 30.0 Å². The van der Waals surface area contributed by atoms with Gasteiger partial charge in [0.1, 0.15) is 5.75 Å². The van der Waals surface area contributed by atoms with E-state index in [4.69, 9.17) is 4.74 Å². The molecule has 5 atom stereocenters. The van der Waals surface area contributed by atoms with Gasteiger partial charge in [0.25, 0.3) is 0 Å². The van der Waals surface area contributed by atoms with Gasteiger partial charge >= 0.3 is 0 Å². The molecule has 176 valence electrons. The van der Waals surface area contributed by atoms with Gasteiger partial charge in [0.05, 0.1) is 18.8 Å². The molecule has 1 amide bonds. The van der Waals surface area contributed by atoms with Gasteiger partial charge in [-0.25, -0.2) is 10.9 Å². The zero-order valence-corrected chi connectivity index (χ0v) is 19.4. The summed E-state index contributed by atoms with van der Waals surface area (Å²) in [5.74, 6) is 0.844. The minimum atomic E-state index is -0.178. The number of hydrazine groups is 1. The van der Waals surface area contributed by atoms with Crippen molar-refractivity contribution in [3.8, 4) is 5.75 Å². The lowest BCUT2D eigenvalue weighted by Crippen LogP contribution is -2.54. The van der Waals surface area contributed by atoms with Crippen LogP contribution in [0.2, 0.25) is 0 Å². The van der Waals surface area contributed by atoms with E-state index in [1.807, 2.05) is 73.7 Å². The maximum absolute atomic E-state index is 13.7. The number of hydrogen-bond acceptors (Lipinski definition) is 5. The number of nitrogens with one attached hydrogen (secondary N) is 4. The molecule has 0 saturated carbocycles. The molecule has 2 aliphatic rings. The molecule has 6 heteroatoms. The number of fused-ring (bicyclic) bond motifs is 1. The molecular weight excluding hydrogens is 424 g/mol. The molecule has 0 radical (unpaired) electrons. The molecule has 2 heterocycles. The van der Waals surface area contributed by atoms with Crippen LogP contribution in [0.15, 0.2) is 84.9 Å². The fourth-order valence-corrected chi connectivity index (χ4v) is 5.31. The van der Waals surface area contributed by atoms with Crippen LogP contribution in [0.5, 0.6) is 5.75 Å². The Morgan fingerprint density at radius 2 is 1.65 bits per heavy atom. The number of benzene rings is 3. The van der Waals surface area contributed by atoms with Gasteiger partial charge in [0.15, 0.2) is 0 Å². The van der Waals surface area contributed by atoms with Crippen molar-refractivity contribution in [2.45, 2.75) is 38.1 Å². The van der Waals surface area contributed by atoms with E-state index in [0.717, 1.165) is 16.9 Å². The first kappa shape index (κ1) is 22.6. The predicted octanol–water partition coefficient (Wildman–Crippen LogP) is 3.84. The number of rotatable bonds is 7. The van der Waals surface area contributed by atoms with Gasteiger partial charge in [-0.1, -0.05) is 78.9 Å². The largest absolute Gasteiger partial charge is 0.494 e. The highest BCUT2D eigenvalue weighted by molar-refractivity contribution is 5.79. The average Bonchev–Trinajstić information content (AvgIpc) is 3.32.